The van der Waals surface area contributed by atoms with Crippen molar-refractivity contribution in [3.8, 4) is 5.75 Å². The molecule has 0 radical (unpaired) electrons. The van der Waals surface area contributed by atoms with Crippen LogP contribution in [0.25, 0.3) is 0 Å². The largest absolute Gasteiger partial charge is 0.497 e. The molecule has 1 aromatic rings. The average molecular weight is 264 g/mol. The lowest BCUT2D eigenvalue weighted by Crippen LogP contribution is -2.45. The Morgan fingerprint density at radius 1 is 1.32 bits per heavy atom. The predicted octanol–water partition coefficient (Wildman–Crippen LogP) is 0.678. The molecule has 0 aromatic heterocycles. The van der Waals surface area contributed by atoms with Gasteiger partial charge in [0.25, 0.3) is 0 Å². The van der Waals surface area contributed by atoms with Gasteiger partial charge in [0.05, 0.1) is 7.11 Å². The molecule has 1 aromatic carbocycles. The molecule has 5 heteroatoms. The number of hydrogen-bond acceptors (Lipinski definition) is 4. The van der Waals surface area contributed by atoms with Gasteiger partial charge < -0.3 is 20.5 Å². The summed E-state index contributed by atoms with van der Waals surface area (Å²) in [5.41, 5.74) is 6.50. The molecule has 19 heavy (non-hydrogen) atoms. The molecule has 1 heterocycles. The summed E-state index contributed by atoms with van der Waals surface area (Å²) in [6, 6.07) is 6.02. The third-order valence-electron chi connectivity index (χ3n) is 3.50. The monoisotopic (exact) mass is 264 g/mol. The lowest BCUT2D eigenvalue weighted by atomic mass is 10.0. The van der Waals surface area contributed by atoms with Crippen molar-refractivity contribution in [2.75, 3.05) is 20.2 Å². The van der Waals surface area contributed by atoms with Crippen molar-refractivity contribution in [1.29, 1.82) is 0 Å². The van der Waals surface area contributed by atoms with Gasteiger partial charge in [-0.15, -0.1) is 0 Å². The summed E-state index contributed by atoms with van der Waals surface area (Å²) in [5.74, 6) is 0.524. The van der Waals surface area contributed by atoms with Gasteiger partial charge in [-0.1, -0.05) is 12.1 Å². The fourth-order valence-electron chi connectivity index (χ4n) is 2.29. The van der Waals surface area contributed by atoms with Crippen LogP contribution in [0, 0.1) is 0 Å². The van der Waals surface area contributed by atoms with E-state index in [9.17, 15) is 9.90 Å². The molecule has 1 fully saturated rings. The maximum Gasteiger partial charge on any atom is 0.242 e. The molecule has 5 nitrogen and oxygen atoms in total. The molecule has 2 atom stereocenters. The smallest absolute Gasteiger partial charge is 0.242 e. The Labute approximate surface area is 113 Å². The molecule has 1 amide bonds. The zero-order valence-electron chi connectivity index (χ0n) is 11.1. The third-order valence-corrected chi connectivity index (χ3v) is 3.50. The lowest BCUT2D eigenvalue weighted by Gasteiger charge is -2.24. The van der Waals surface area contributed by atoms with Crippen LogP contribution >= 0.6 is 0 Å². The third kappa shape index (κ3) is 3.05. The molecule has 0 aliphatic carbocycles. The van der Waals surface area contributed by atoms with E-state index in [-0.39, 0.29) is 5.91 Å². The fraction of sp³-hybridized carbons (Fsp3) is 0.500. The highest BCUT2D eigenvalue weighted by molar-refractivity contribution is 5.82. The van der Waals surface area contributed by atoms with Gasteiger partial charge in [0.1, 0.15) is 17.9 Å². The number of nitrogens with two attached hydrogens (primary N) is 1. The lowest BCUT2D eigenvalue weighted by molar-refractivity contribution is -0.134. The van der Waals surface area contributed by atoms with Crippen molar-refractivity contribution in [3.63, 3.8) is 0 Å². The van der Waals surface area contributed by atoms with Gasteiger partial charge >= 0.3 is 0 Å². The van der Waals surface area contributed by atoms with Gasteiger partial charge in [-0.2, -0.15) is 0 Å². The minimum absolute atomic E-state index is 0.180. The first-order valence-corrected chi connectivity index (χ1v) is 6.50. The quantitative estimate of drug-likeness (QED) is 0.838. The summed E-state index contributed by atoms with van der Waals surface area (Å²) >= 11 is 0. The number of hydrogen-bond donors (Lipinski definition) is 2. The second kappa shape index (κ2) is 6.04. The average Bonchev–Trinajstić information content (AvgIpc) is 2.99. The molecule has 1 aliphatic rings. The Bertz CT molecular complexity index is 427. The van der Waals surface area contributed by atoms with Gasteiger partial charge in [-0.05, 0) is 30.5 Å². The highest BCUT2D eigenvalue weighted by Crippen LogP contribution is 2.21. The van der Waals surface area contributed by atoms with Crippen molar-refractivity contribution in [3.05, 3.63) is 29.8 Å². The van der Waals surface area contributed by atoms with Crippen molar-refractivity contribution in [1.82, 2.24) is 4.90 Å². The standard InChI is InChI=1S/C14H20N2O3/c1-19-11-6-4-10(5-7-11)13(17)12(15)14(18)16-8-2-3-9-16/h4-7,12-13,17H,2-3,8-9,15H2,1H3/t12?,13-/m0/s1. The zero-order valence-corrected chi connectivity index (χ0v) is 11.1. The number of ether oxygens (including phenoxy) is 1. The van der Waals surface area contributed by atoms with Crippen molar-refractivity contribution < 1.29 is 14.6 Å². The molecule has 3 N–H and O–H groups in total. The molecule has 104 valence electrons. The van der Waals surface area contributed by atoms with Crippen LogP contribution in [0.5, 0.6) is 5.75 Å². The number of rotatable bonds is 4. The maximum atomic E-state index is 12.1. The first kappa shape index (κ1) is 13.8. The van der Waals surface area contributed by atoms with Crippen molar-refractivity contribution in [2.24, 2.45) is 5.73 Å². The number of benzene rings is 1. The van der Waals surface area contributed by atoms with Crippen LogP contribution in [-0.4, -0.2) is 42.2 Å². The Hall–Kier alpha value is -1.59. The van der Waals surface area contributed by atoms with Gasteiger partial charge in [-0.3, -0.25) is 4.79 Å². The predicted molar refractivity (Wildman–Crippen MR) is 71.7 cm³/mol. The van der Waals surface area contributed by atoms with E-state index in [4.69, 9.17) is 10.5 Å². The molecule has 2 rings (SSSR count). The highest BCUT2D eigenvalue weighted by Gasteiger charge is 2.29. The number of aliphatic hydroxyl groups excluding tert-OH is 1. The van der Waals surface area contributed by atoms with E-state index in [0.29, 0.717) is 11.3 Å². The highest BCUT2D eigenvalue weighted by atomic mass is 16.5. The van der Waals surface area contributed by atoms with Crippen molar-refractivity contribution in [2.45, 2.75) is 25.0 Å². The number of likely N-dealkylation sites (tertiary alicyclic amines) is 1. The normalized spacial score (nSPS) is 18.2. The number of carbonyl (C=O) groups excluding carboxylic acids is 1. The van der Waals surface area contributed by atoms with E-state index in [1.165, 1.54) is 0 Å². The fourth-order valence-corrected chi connectivity index (χ4v) is 2.29. The molecule has 1 saturated heterocycles. The summed E-state index contributed by atoms with van der Waals surface area (Å²) in [7, 11) is 1.58. The van der Waals surface area contributed by atoms with Gasteiger partial charge in [0.15, 0.2) is 0 Å². The number of carbonyl (C=O) groups is 1. The van der Waals surface area contributed by atoms with E-state index < -0.39 is 12.1 Å². The minimum Gasteiger partial charge on any atom is -0.497 e. The topological polar surface area (TPSA) is 75.8 Å². The van der Waals surface area contributed by atoms with E-state index in [2.05, 4.69) is 0 Å². The van der Waals surface area contributed by atoms with Crippen LogP contribution in [0.2, 0.25) is 0 Å². The summed E-state index contributed by atoms with van der Waals surface area (Å²) < 4.78 is 5.05. The zero-order chi connectivity index (χ0) is 13.8. The van der Waals surface area contributed by atoms with Gasteiger partial charge in [0, 0.05) is 13.1 Å². The van der Waals surface area contributed by atoms with E-state index in [0.717, 1.165) is 25.9 Å². The molecule has 1 unspecified atom stereocenters. The van der Waals surface area contributed by atoms with Gasteiger partial charge in [0.2, 0.25) is 5.91 Å². The summed E-state index contributed by atoms with van der Waals surface area (Å²) in [6.07, 6.45) is 1.03. The molecule has 1 aliphatic heterocycles. The van der Waals surface area contributed by atoms with Gasteiger partial charge in [-0.25, -0.2) is 0 Å². The Balaban J connectivity index is 2.04. The van der Waals surface area contributed by atoms with Crippen LogP contribution in [-0.2, 0) is 4.79 Å². The first-order valence-electron chi connectivity index (χ1n) is 6.50. The van der Waals surface area contributed by atoms with Crippen LogP contribution in [0.15, 0.2) is 24.3 Å². The van der Waals surface area contributed by atoms with Crippen molar-refractivity contribution >= 4 is 5.91 Å². The van der Waals surface area contributed by atoms with Crippen LogP contribution in [0.1, 0.15) is 24.5 Å². The molecule has 0 spiro atoms. The molecular formula is C14H20N2O3. The SMILES string of the molecule is COc1ccc([C@H](O)C(N)C(=O)N2CCCC2)cc1. The maximum absolute atomic E-state index is 12.1. The minimum atomic E-state index is -0.987. The molecule has 0 bridgehead atoms. The number of nitrogens with zero attached hydrogens (tertiary/aromatic N) is 1. The summed E-state index contributed by atoms with van der Waals surface area (Å²) in [4.78, 5) is 13.8. The summed E-state index contributed by atoms with van der Waals surface area (Å²) in [6.45, 7) is 1.48. The van der Waals surface area contributed by atoms with E-state index >= 15 is 0 Å². The second-order valence-corrected chi connectivity index (χ2v) is 4.78. The molecular weight excluding hydrogens is 244 g/mol. The molecule has 0 saturated carbocycles. The van der Waals surface area contributed by atoms with Crippen LogP contribution in [0.4, 0.5) is 0 Å². The number of aliphatic hydroxyl groups is 1. The Morgan fingerprint density at radius 3 is 2.42 bits per heavy atom. The van der Waals surface area contributed by atoms with Crippen LogP contribution in [0.3, 0.4) is 0 Å². The van der Waals surface area contributed by atoms with E-state index in [1.54, 1.807) is 36.3 Å². The number of amides is 1. The van der Waals surface area contributed by atoms with Crippen LogP contribution < -0.4 is 10.5 Å². The Kier molecular flexibility index (Phi) is 4.39. The summed E-state index contributed by atoms with van der Waals surface area (Å²) in [5, 5.41) is 10.2. The van der Waals surface area contributed by atoms with E-state index in [1.807, 2.05) is 0 Å². The first-order chi connectivity index (χ1) is 9.13. The second-order valence-electron chi connectivity index (χ2n) is 4.78. The number of methoxy groups -OCH3 is 1. The Morgan fingerprint density at radius 2 is 1.89 bits per heavy atom.